The first-order valence-electron chi connectivity index (χ1n) is 11.1. The Labute approximate surface area is 200 Å². The van der Waals surface area contributed by atoms with Crippen molar-refractivity contribution in [3.05, 3.63) is 71.8 Å². The second-order valence-corrected chi connectivity index (χ2v) is 7.51. The number of aryl methyl sites for hydroxylation is 1. The Balaban J connectivity index is 1.47. The molecule has 0 aliphatic rings. The number of carbonyl (C=O) groups is 3. The highest BCUT2D eigenvalue weighted by Crippen LogP contribution is 2.24. The normalized spacial score (nSPS) is 10.6. The van der Waals surface area contributed by atoms with Crippen molar-refractivity contribution in [2.24, 2.45) is 0 Å². The number of hydrogen-bond acceptors (Lipinski definition) is 6. The molecule has 35 heavy (non-hydrogen) atoms. The standard InChI is InChI=1S/C25H25F2N3O5/c1-3-30(4-2)25(33)16-6-5-7-18(12-16)29-22(31)15-34-24(32)11-10-23-28-14-21(35-23)19-9-8-17(26)13-20(19)27/h5-9,12-14H,3-4,10-11,15H2,1-2H3,(H,29,31). The van der Waals surface area contributed by atoms with E-state index in [0.717, 1.165) is 12.1 Å². The van der Waals surface area contributed by atoms with Gasteiger partial charge >= 0.3 is 5.97 Å². The van der Waals surface area contributed by atoms with Crippen LogP contribution in [0.5, 0.6) is 0 Å². The van der Waals surface area contributed by atoms with E-state index in [4.69, 9.17) is 9.15 Å². The van der Waals surface area contributed by atoms with Crippen molar-refractivity contribution in [1.29, 1.82) is 0 Å². The Morgan fingerprint density at radius 2 is 1.86 bits per heavy atom. The summed E-state index contributed by atoms with van der Waals surface area (Å²) in [5.74, 6) is -2.59. The van der Waals surface area contributed by atoms with Crippen LogP contribution in [0.15, 0.2) is 53.1 Å². The van der Waals surface area contributed by atoms with Gasteiger partial charge in [0.25, 0.3) is 11.8 Å². The average Bonchev–Trinajstić information content (AvgIpc) is 3.31. The first kappa shape index (κ1) is 25.5. The summed E-state index contributed by atoms with van der Waals surface area (Å²) in [6, 6.07) is 9.57. The molecular formula is C25H25F2N3O5. The van der Waals surface area contributed by atoms with Crippen molar-refractivity contribution in [1.82, 2.24) is 9.88 Å². The Morgan fingerprint density at radius 3 is 2.57 bits per heavy atom. The number of nitrogens with one attached hydrogen (secondary N) is 1. The van der Waals surface area contributed by atoms with Crippen LogP contribution < -0.4 is 5.32 Å². The topological polar surface area (TPSA) is 102 Å². The van der Waals surface area contributed by atoms with Crippen molar-refractivity contribution in [2.45, 2.75) is 26.7 Å². The summed E-state index contributed by atoms with van der Waals surface area (Å²) in [5.41, 5.74) is 0.894. The number of nitrogens with zero attached hydrogens (tertiary/aromatic N) is 2. The number of anilines is 1. The van der Waals surface area contributed by atoms with E-state index < -0.39 is 30.1 Å². The fraction of sp³-hybridized carbons (Fsp3) is 0.280. The number of rotatable bonds is 10. The molecule has 0 radical (unpaired) electrons. The molecule has 2 amide bonds. The van der Waals surface area contributed by atoms with Gasteiger partial charge in [0.2, 0.25) is 0 Å². The van der Waals surface area contributed by atoms with Gasteiger partial charge in [-0.25, -0.2) is 13.8 Å². The van der Waals surface area contributed by atoms with Crippen molar-refractivity contribution < 1.29 is 32.3 Å². The van der Waals surface area contributed by atoms with Crippen LogP contribution in [0.3, 0.4) is 0 Å². The van der Waals surface area contributed by atoms with Crippen molar-refractivity contribution in [2.75, 3.05) is 25.0 Å². The SMILES string of the molecule is CCN(CC)C(=O)c1cccc(NC(=O)COC(=O)CCc2ncc(-c3ccc(F)cc3F)o2)c1. The lowest BCUT2D eigenvalue weighted by atomic mass is 10.1. The maximum absolute atomic E-state index is 13.9. The maximum Gasteiger partial charge on any atom is 0.306 e. The molecule has 184 valence electrons. The molecule has 0 aliphatic heterocycles. The summed E-state index contributed by atoms with van der Waals surface area (Å²) in [4.78, 5) is 42.3. The highest BCUT2D eigenvalue weighted by atomic mass is 19.1. The molecule has 10 heteroatoms. The lowest BCUT2D eigenvalue weighted by Gasteiger charge is -2.19. The van der Waals surface area contributed by atoms with Crippen LogP contribution in [0, 0.1) is 11.6 Å². The fourth-order valence-corrected chi connectivity index (χ4v) is 3.29. The molecular weight excluding hydrogens is 460 g/mol. The molecule has 1 N–H and O–H groups in total. The molecule has 0 aliphatic carbocycles. The molecule has 3 aromatic rings. The molecule has 1 aromatic heterocycles. The van der Waals surface area contributed by atoms with Gasteiger partial charge in [-0.05, 0) is 44.2 Å². The van der Waals surface area contributed by atoms with Crippen molar-refractivity contribution in [3.63, 3.8) is 0 Å². The number of benzene rings is 2. The smallest absolute Gasteiger partial charge is 0.306 e. The zero-order valence-electron chi connectivity index (χ0n) is 19.3. The number of hydrogen-bond donors (Lipinski definition) is 1. The zero-order valence-corrected chi connectivity index (χ0v) is 19.3. The Morgan fingerprint density at radius 1 is 1.09 bits per heavy atom. The second-order valence-electron chi connectivity index (χ2n) is 7.51. The van der Waals surface area contributed by atoms with Crippen molar-refractivity contribution in [3.8, 4) is 11.3 Å². The van der Waals surface area contributed by atoms with Gasteiger partial charge in [-0.2, -0.15) is 0 Å². The molecule has 0 spiro atoms. The van der Waals surface area contributed by atoms with E-state index in [1.165, 1.54) is 12.3 Å². The molecule has 0 fully saturated rings. The Hall–Kier alpha value is -4.08. The van der Waals surface area contributed by atoms with Gasteiger partial charge in [-0.1, -0.05) is 6.07 Å². The summed E-state index contributed by atoms with van der Waals surface area (Å²) < 4.78 is 37.3. The minimum absolute atomic E-state index is 0.0484. The van der Waals surface area contributed by atoms with Crippen LogP contribution >= 0.6 is 0 Å². The summed E-state index contributed by atoms with van der Waals surface area (Å²) in [5, 5.41) is 2.59. The van der Waals surface area contributed by atoms with Gasteiger partial charge in [0.05, 0.1) is 18.2 Å². The fourth-order valence-electron chi connectivity index (χ4n) is 3.29. The second kappa shape index (κ2) is 11.9. The van der Waals surface area contributed by atoms with Crippen LogP contribution in [-0.2, 0) is 20.7 Å². The number of halogens is 2. The number of carbonyl (C=O) groups excluding carboxylic acids is 3. The van der Waals surface area contributed by atoms with Gasteiger partial charge in [0.1, 0.15) is 11.6 Å². The van der Waals surface area contributed by atoms with Gasteiger partial charge in [0, 0.05) is 36.8 Å². The van der Waals surface area contributed by atoms with Gasteiger partial charge in [-0.3, -0.25) is 14.4 Å². The van der Waals surface area contributed by atoms with Gasteiger partial charge in [0.15, 0.2) is 18.3 Å². The minimum atomic E-state index is -0.791. The highest BCUT2D eigenvalue weighted by molar-refractivity contribution is 5.97. The molecule has 3 rings (SSSR count). The molecule has 0 atom stereocenters. The molecule has 0 bridgehead atoms. The van der Waals surface area contributed by atoms with Crippen LogP contribution in [0.25, 0.3) is 11.3 Å². The minimum Gasteiger partial charge on any atom is -0.456 e. The van der Waals surface area contributed by atoms with E-state index in [1.54, 1.807) is 29.2 Å². The predicted octanol–water partition coefficient (Wildman–Crippen LogP) is 4.22. The van der Waals surface area contributed by atoms with E-state index in [1.807, 2.05) is 13.8 Å². The molecule has 8 nitrogen and oxygen atoms in total. The van der Waals surface area contributed by atoms with Crippen LogP contribution in [0.4, 0.5) is 14.5 Å². The summed E-state index contributed by atoms with van der Waals surface area (Å²) in [6.07, 6.45) is 1.23. The van der Waals surface area contributed by atoms with Gasteiger partial charge < -0.3 is 19.4 Å². The number of ether oxygens (including phenoxy) is 1. The lowest BCUT2D eigenvalue weighted by molar-refractivity contribution is -0.147. The van der Waals surface area contributed by atoms with Crippen LogP contribution in [0.1, 0.15) is 36.5 Å². The summed E-state index contributed by atoms with van der Waals surface area (Å²) in [7, 11) is 0. The van der Waals surface area contributed by atoms with E-state index >= 15 is 0 Å². The van der Waals surface area contributed by atoms with E-state index in [-0.39, 0.29) is 36.0 Å². The van der Waals surface area contributed by atoms with E-state index in [0.29, 0.717) is 24.3 Å². The Kier molecular flexibility index (Phi) is 8.66. The number of aromatic nitrogens is 1. The zero-order chi connectivity index (χ0) is 25.4. The summed E-state index contributed by atoms with van der Waals surface area (Å²) >= 11 is 0. The largest absolute Gasteiger partial charge is 0.456 e. The van der Waals surface area contributed by atoms with Gasteiger partial charge in [-0.15, -0.1) is 0 Å². The number of esters is 1. The van der Waals surface area contributed by atoms with Crippen molar-refractivity contribution >= 4 is 23.5 Å². The summed E-state index contributed by atoms with van der Waals surface area (Å²) in [6.45, 7) is 4.39. The first-order chi connectivity index (χ1) is 16.8. The maximum atomic E-state index is 13.9. The van der Waals surface area contributed by atoms with E-state index in [2.05, 4.69) is 10.3 Å². The highest BCUT2D eigenvalue weighted by Gasteiger charge is 2.15. The quantitative estimate of drug-likeness (QED) is 0.432. The third-order valence-corrected chi connectivity index (χ3v) is 5.10. The number of oxazole rings is 1. The molecule has 0 saturated heterocycles. The van der Waals surface area contributed by atoms with E-state index in [9.17, 15) is 23.2 Å². The monoisotopic (exact) mass is 485 g/mol. The molecule has 0 saturated carbocycles. The lowest BCUT2D eigenvalue weighted by Crippen LogP contribution is -2.30. The van der Waals surface area contributed by atoms with Crippen LogP contribution in [0.2, 0.25) is 0 Å². The average molecular weight is 485 g/mol. The third kappa shape index (κ3) is 6.95. The molecule has 1 heterocycles. The third-order valence-electron chi connectivity index (χ3n) is 5.10. The number of amides is 2. The molecule has 2 aromatic carbocycles. The first-order valence-corrected chi connectivity index (χ1v) is 11.1. The molecule has 0 unspecified atom stereocenters. The Bertz CT molecular complexity index is 1210. The predicted molar refractivity (Wildman–Crippen MR) is 123 cm³/mol. The van der Waals surface area contributed by atoms with Crippen LogP contribution in [-0.4, -0.2) is 47.4 Å².